The Kier molecular flexibility index (Phi) is 4.69. The van der Waals surface area contributed by atoms with E-state index in [-0.39, 0.29) is 18.4 Å². The van der Waals surface area contributed by atoms with E-state index in [1.165, 1.54) is 4.90 Å². The number of hydrogen-bond acceptors (Lipinski definition) is 2. The highest BCUT2D eigenvalue weighted by molar-refractivity contribution is 9.10. The highest BCUT2D eigenvalue weighted by atomic mass is 79.9. The van der Waals surface area contributed by atoms with Crippen molar-refractivity contribution in [3.8, 4) is 0 Å². The van der Waals surface area contributed by atoms with Crippen LogP contribution in [0.5, 0.6) is 0 Å². The normalized spacial score (nSPS) is 9.88. The van der Waals surface area contributed by atoms with Crippen LogP contribution in [0.4, 0.5) is 0 Å². The third-order valence-corrected chi connectivity index (χ3v) is 2.75. The van der Waals surface area contributed by atoms with Gasteiger partial charge in [-0.05, 0) is 30.7 Å². The minimum absolute atomic E-state index is 0.0564. The van der Waals surface area contributed by atoms with Crippen molar-refractivity contribution in [1.82, 2.24) is 10.2 Å². The van der Waals surface area contributed by atoms with E-state index >= 15 is 0 Å². The maximum Gasteiger partial charge on any atom is 0.254 e. The van der Waals surface area contributed by atoms with Crippen molar-refractivity contribution in [2.45, 2.75) is 6.92 Å². The van der Waals surface area contributed by atoms with Crippen molar-refractivity contribution in [1.29, 1.82) is 0 Å². The van der Waals surface area contributed by atoms with Crippen LogP contribution in [0.2, 0.25) is 0 Å². The summed E-state index contributed by atoms with van der Waals surface area (Å²) in [6.45, 7) is 1.97. The van der Waals surface area contributed by atoms with Gasteiger partial charge in [0.25, 0.3) is 5.91 Å². The van der Waals surface area contributed by atoms with Gasteiger partial charge in [-0.3, -0.25) is 9.59 Å². The van der Waals surface area contributed by atoms with Crippen LogP contribution >= 0.6 is 15.9 Å². The second-order valence-corrected chi connectivity index (χ2v) is 4.77. The van der Waals surface area contributed by atoms with Gasteiger partial charge in [-0.2, -0.15) is 0 Å². The predicted octanol–water partition coefficient (Wildman–Crippen LogP) is 1.58. The number of carbonyl (C=O) groups excluding carboxylic acids is 2. The zero-order valence-corrected chi connectivity index (χ0v) is 11.7. The lowest BCUT2D eigenvalue weighted by atomic mass is 10.1. The van der Waals surface area contributed by atoms with Crippen LogP contribution in [-0.4, -0.2) is 37.4 Å². The summed E-state index contributed by atoms with van der Waals surface area (Å²) in [7, 11) is 3.15. The summed E-state index contributed by atoms with van der Waals surface area (Å²) in [6.07, 6.45) is 0. The minimum atomic E-state index is -0.187. The van der Waals surface area contributed by atoms with Crippen LogP contribution in [0.25, 0.3) is 0 Å². The topological polar surface area (TPSA) is 49.4 Å². The fraction of sp³-hybridized carbons (Fsp3) is 0.333. The summed E-state index contributed by atoms with van der Waals surface area (Å²) in [5.74, 6) is -0.356. The number of likely N-dealkylation sites (N-methyl/N-ethyl adjacent to an activating group) is 2. The molecule has 0 atom stereocenters. The molecule has 0 aliphatic rings. The number of carbonyl (C=O) groups is 2. The Balaban J connectivity index is 2.85. The summed E-state index contributed by atoms with van der Waals surface area (Å²) in [4.78, 5) is 24.6. The molecule has 0 fully saturated rings. The number of aryl methyl sites for hydroxylation is 1. The molecule has 0 aromatic heterocycles. The van der Waals surface area contributed by atoms with Crippen LogP contribution in [0, 0.1) is 6.92 Å². The van der Waals surface area contributed by atoms with Crippen molar-refractivity contribution < 1.29 is 9.59 Å². The number of nitrogens with zero attached hydrogens (tertiary/aromatic N) is 1. The molecule has 1 aromatic rings. The zero-order chi connectivity index (χ0) is 13.0. The first-order valence-electron chi connectivity index (χ1n) is 5.17. The first-order valence-corrected chi connectivity index (χ1v) is 5.96. The number of benzene rings is 1. The zero-order valence-electron chi connectivity index (χ0n) is 10.1. The lowest BCUT2D eigenvalue weighted by molar-refractivity contribution is -0.121. The Hall–Kier alpha value is -1.36. The quantitative estimate of drug-likeness (QED) is 0.921. The summed E-state index contributed by atoms with van der Waals surface area (Å²) in [6, 6.07) is 5.47. The molecule has 4 nitrogen and oxygen atoms in total. The molecule has 0 aliphatic carbocycles. The van der Waals surface area contributed by atoms with E-state index in [0.29, 0.717) is 5.56 Å². The lowest BCUT2D eigenvalue weighted by Gasteiger charge is -2.16. The van der Waals surface area contributed by atoms with Crippen LogP contribution in [-0.2, 0) is 4.79 Å². The van der Waals surface area contributed by atoms with Crippen molar-refractivity contribution in [3.63, 3.8) is 0 Å². The maximum atomic E-state index is 12.0. The SMILES string of the molecule is CNC(=O)CN(C)C(=O)c1cc(C)cc(Br)c1. The average Bonchev–Trinajstić information content (AvgIpc) is 2.26. The van der Waals surface area contributed by atoms with E-state index in [1.54, 1.807) is 26.2 Å². The van der Waals surface area contributed by atoms with Gasteiger partial charge in [0.1, 0.15) is 0 Å². The smallest absolute Gasteiger partial charge is 0.254 e. The Morgan fingerprint density at radius 1 is 1.35 bits per heavy atom. The van der Waals surface area contributed by atoms with Crippen LogP contribution < -0.4 is 5.32 Å². The molecule has 0 aliphatic heterocycles. The summed E-state index contributed by atoms with van der Waals surface area (Å²) in [5, 5.41) is 2.48. The van der Waals surface area contributed by atoms with Gasteiger partial charge in [0, 0.05) is 24.1 Å². The molecule has 1 aromatic carbocycles. The van der Waals surface area contributed by atoms with E-state index in [2.05, 4.69) is 21.2 Å². The van der Waals surface area contributed by atoms with E-state index < -0.39 is 0 Å². The first-order chi connectivity index (χ1) is 7.93. The molecule has 92 valence electrons. The molecule has 1 rings (SSSR count). The lowest BCUT2D eigenvalue weighted by Crippen LogP contribution is -2.36. The molecule has 17 heavy (non-hydrogen) atoms. The number of rotatable bonds is 3. The Morgan fingerprint density at radius 3 is 2.53 bits per heavy atom. The molecule has 0 bridgehead atoms. The van der Waals surface area contributed by atoms with Gasteiger partial charge in [-0.15, -0.1) is 0 Å². The second-order valence-electron chi connectivity index (χ2n) is 3.85. The Morgan fingerprint density at radius 2 is 2.00 bits per heavy atom. The largest absolute Gasteiger partial charge is 0.358 e. The third-order valence-electron chi connectivity index (χ3n) is 2.30. The van der Waals surface area contributed by atoms with E-state index in [9.17, 15) is 9.59 Å². The van der Waals surface area contributed by atoms with Crippen LogP contribution in [0.3, 0.4) is 0 Å². The van der Waals surface area contributed by atoms with E-state index in [0.717, 1.165) is 10.0 Å². The molecule has 0 saturated heterocycles. The van der Waals surface area contributed by atoms with Gasteiger partial charge >= 0.3 is 0 Å². The van der Waals surface area contributed by atoms with Gasteiger partial charge in [-0.1, -0.05) is 15.9 Å². The van der Waals surface area contributed by atoms with Crippen LogP contribution in [0.15, 0.2) is 22.7 Å². The average molecular weight is 299 g/mol. The summed E-state index contributed by atoms with van der Waals surface area (Å²) < 4.78 is 0.856. The minimum Gasteiger partial charge on any atom is -0.358 e. The molecule has 0 radical (unpaired) electrons. The molecule has 2 amide bonds. The molecule has 0 heterocycles. The molecule has 5 heteroatoms. The molecule has 0 unspecified atom stereocenters. The maximum absolute atomic E-state index is 12.0. The molecule has 0 saturated carbocycles. The van der Waals surface area contributed by atoms with E-state index in [4.69, 9.17) is 0 Å². The van der Waals surface area contributed by atoms with Crippen molar-refractivity contribution >= 4 is 27.7 Å². The highest BCUT2D eigenvalue weighted by Gasteiger charge is 2.14. The van der Waals surface area contributed by atoms with Gasteiger partial charge in [0.2, 0.25) is 5.91 Å². The van der Waals surface area contributed by atoms with Gasteiger partial charge in [0.15, 0.2) is 0 Å². The summed E-state index contributed by atoms with van der Waals surface area (Å²) in [5.41, 5.74) is 1.57. The number of hydrogen-bond donors (Lipinski definition) is 1. The number of amides is 2. The van der Waals surface area contributed by atoms with Gasteiger partial charge in [-0.25, -0.2) is 0 Å². The Labute approximate surface area is 109 Å². The van der Waals surface area contributed by atoms with Gasteiger partial charge < -0.3 is 10.2 Å². The molecule has 0 spiro atoms. The van der Waals surface area contributed by atoms with Gasteiger partial charge in [0.05, 0.1) is 6.54 Å². The van der Waals surface area contributed by atoms with Crippen molar-refractivity contribution in [3.05, 3.63) is 33.8 Å². The van der Waals surface area contributed by atoms with Crippen molar-refractivity contribution in [2.75, 3.05) is 20.6 Å². The monoisotopic (exact) mass is 298 g/mol. The fourth-order valence-corrected chi connectivity index (χ4v) is 2.05. The van der Waals surface area contributed by atoms with Crippen LogP contribution in [0.1, 0.15) is 15.9 Å². The highest BCUT2D eigenvalue weighted by Crippen LogP contribution is 2.16. The fourth-order valence-electron chi connectivity index (χ4n) is 1.45. The standard InChI is InChI=1S/C12H15BrN2O2/c1-8-4-9(6-10(13)5-8)12(17)15(3)7-11(16)14-2/h4-6H,7H2,1-3H3,(H,14,16). The third kappa shape index (κ3) is 3.85. The number of nitrogens with one attached hydrogen (secondary N) is 1. The predicted molar refractivity (Wildman–Crippen MR) is 69.9 cm³/mol. The molecular weight excluding hydrogens is 284 g/mol. The first kappa shape index (κ1) is 13.7. The number of halogens is 1. The summed E-state index contributed by atoms with van der Waals surface area (Å²) >= 11 is 3.34. The second kappa shape index (κ2) is 5.82. The molecular formula is C12H15BrN2O2. The van der Waals surface area contributed by atoms with E-state index in [1.807, 2.05) is 13.0 Å². The van der Waals surface area contributed by atoms with Crippen molar-refractivity contribution in [2.24, 2.45) is 0 Å². The molecule has 1 N–H and O–H groups in total. The Bertz CT molecular complexity index is 426.